The zero-order chi connectivity index (χ0) is 20.4. The number of likely N-dealkylation sites (N-methyl/N-ethyl adjacent to an activating group) is 1. The summed E-state index contributed by atoms with van der Waals surface area (Å²) >= 11 is 0. The van der Waals surface area contributed by atoms with Gasteiger partial charge in [0.2, 0.25) is 5.91 Å². The first kappa shape index (κ1) is 19.9. The van der Waals surface area contributed by atoms with Crippen molar-refractivity contribution in [2.24, 2.45) is 0 Å². The normalized spacial score (nSPS) is 18.2. The van der Waals surface area contributed by atoms with Crippen LogP contribution in [0.15, 0.2) is 30.3 Å². The van der Waals surface area contributed by atoms with Gasteiger partial charge in [-0.05, 0) is 47.9 Å². The fourth-order valence-electron chi connectivity index (χ4n) is 4.44. The first-order valence-electron chi connectivity index (χ1n) is 10.4. The van der Waals surface area contributed by atoms with E-state index in [1.807, 2.05) is 30.1 Å². The van der Waals surface area contributed by atoms with Gasteiger partial charge in [0.05, 0.1) is 12.6 Å². The summed E-state index contributed by atoms with van der Waals surface area (Å²) in [6.45, 7) is 3.56. The van der Waals surface area contributed by atoms with Crippen molar-refractivity contribution >= 4 is 22.6 Å². The van der Waals surface area contributed by atoms with E-state index in [1.54, 1.807) is 7.11 Å². The van der Waals surface area contributed by atoms with Crippen LogP contribution in [0.4, 0.5) is 0 Å². The van der Waals surface area contributed by atoms with Crippen molar-refractivity contribution < 1.29 is 14.3 Å². The Hall–Kier alpha value is -2.44. The molecule has 1 heterocycles. The van der Waals surface area contributed by atoms with Gasteiger partial charge in [-0.15, -0.1) is 0 Å². The zero-order valence-corrected chi connectivity index (χ0v) is 17.2. The van der Waals surface area contributed by atoms with Gasteiger partial charge in [0, 0.05) is 45.3 Å². The summed E-state index contributed by atoms with van der Waals surface area (Å²) in [5, 5.41) is 5.36. The number of nitrogens with one attached hydrogen (secondary N) is 1. The third-order valence-corrected chi connectivity index (χ3v) is 6.10. The first-order chi connectivity index (χ1) is 14.1. The van der Waals surface area contributed by atoms with E-state index in [0.717, 1.165) is 31.3 Å². The molecule has 1 unspecified atom stereocenters. The Morgan fingerprint density at radius 3 is 2.79 bits per heavy atom. The molecule has 1 aliphatic carbocycles. The number of hydrogen-bond donors (Lipinski definition) is 1. The number of ether oxygens (including phenoxy) is 1. The van der Waals surface area contributed by atoms with Gasteiger partial charge in [-0.25, -0.2) is 0 Å². The van der Waals surface area contributed by atoms with Gasteiger partial charge in [-0.2, -0.15) is 0 Å². The fourth-order valence-corrected chi connectivity index (χ4v) is 4.44. The van der Waals surface area contributed by atoms with Crippen molar-refractivity contribution in [3.63, 3.8) is 0 Å². The molecule has 0 spiro atoms. The number of hydrogen-bond acceptors (Lipinski definition) is 4. The van der Waals surface area contributed by atoms with Gasteiger partial charge in [0.15, 0.2) is 0 Å². The summed E-state index contributed by atoms with van der Waals surface area (Å²) in [5.41, 5.74) is 3.36. The van der Waals surface area contributed by atoms with E-state index >= 15 is 0 Å². The Labute approximate surface area is 171 Å². The Morgan fingerprint density at radius 2 is 2.00 bits per heavy atom. The molecule has 0 saturated carbocycles. The molecule has 0 aromatic heterocycles. The Kier molecular flexibility index (Phi) is 5.83. The van der Waals surface area contributed by atoms with Crippen LogP contribution in [0, 0.1) is 0 Å². The highest BCUT2D eigenvalue weighted by Crippen LogP contribution is 2.32. The molecule has 6 nitrogen and oxygen atoms in total. The van der Waals surface area contributed by atoms with Gasteiger partial charge in [0.25, 0.3) is 5.91 Å². The lowest BCUT2D eigenvalue weighted by Gasteiger charge is -2.22. The summed E-state index contributed by atoms with van der Waals surface area (Å²) in [7, 11) is 3.71. The van der Waals surface area contributed by atoms with E-state index in [1.165, 1.54) is 16.5 Å². The number of benzene rings is 2. The Balaban J connectivity index is 1.39. The first-order valence-corrected chi connectivity index (χ1v) is 10.4. The number of aryl methyl sites for hydroxylation is 2. The van der Waals surface area contributed by atoms with Crippen LogP contribution in [-0.4, -0.2) is 74.6 Å². The predicted molar refractivity (Wildman–Crippen MR) is 113 cm³/mol. The molecule has 1 atom stereocenters. The highest BCUT2D eigenvalue weighted by atomic mass is 16.5. The molecule has 29 heavy (non-hydrogen) atoms. The molecule has 0 bridgehead atoms. The lowest BCUT2D eigenvalue weighted by atomic mass is 9.99. The van der Waals surface area contributed by atoms with Crippen molar-refractivity contribution in [3.05, 3.63) is 47.0 Å². The number of amides is 2. The largest absolute Gasteiger partial charge is 0.383 e. The quantitative estimate of drug-likeness (QED) is 0.741. The van der Waals surface area contributed by atoms with Gasteiger partial charge < -0.3 is 19.9 Å². The summed E-state index contributed by atoms with van der Waals surface area (Å²) < 4.78 is 5.09. The number of nitrogens with zero attached hydrogens (tertiary/aromatic N) is 2. The Morgan fingerprint density at radius 1 is 1.21 bits per heavy atom. The number of likely N-dealkylation sites (tertiary alicyclic amines) is 1. The van der Waals surface area contributed by atoms with Crippen LogP contribution in [0.2, 0.25) is 0 Å². The monoisotopic (exact) mass is 395 g/mol. The smallest absolute Gasteiger partial charge is 0.252 e. The molecule has 2 aromatic rings. The molecule has 1 N–H and O–H groups in total. The van der Waals surface area contributed by atoms with E-state index < -0.39 is 0 Å². The maximum atomic E-state index is 13.0. The number of methoxy groups -OCH3 is 1. The highest BCUT2D eigenvalue weighted by Gasteiger charge is 2.31. The van der Waals surface area contributed by atoms with Gasteiger partial charge >= 0.3 is 0 Å². The maximum Gasteiger partial charge on any atom is 0.252 e. The molecule has 4 rings (SSSR count). The van der Waals surface area contributed by atoms with Gasteiger partial charge in [-0.3, -0.25) is 9.59 Å². The fraction of sp³-hybridized carbons (Fsp3) is 0.478. The second-order valence-corrected chi connectivity index (χ2v) is 8.12. The summed E-state index contributed by atoms with van der Waals surface area (Å²) in [6.07, 6.45) is 2.46. The second-order valence-electron chi connectivity index (χ2n) is 8.12. The molecule has 2 aliphatic rings. The third kappa shape index (κ3) is 4.14. The molecule has 154 valence electrons. The van der Waals surface area contributed by atoms with Crippen LogP contribution < -0.4 is 5.32 Å². The van der Waals surface area contributed by atoms with Crippen molar-refractivity contribution in [3.8, 4) is 0 Å². The lowest BCUT2D eigenvalue weighted by molar-refractivity contribution is -0.127. The molecule has 1 fully saturated rings. The molecular weight excluding hydrogens is 366 g/mol. The zero-order valence-electron chi connectivity index (χ0n) is 17.2. The average molecular weight is 396 g/mol. The van der Waals surface area contributed by atoms with Gasteiger partial charge in [-0.1, -0.05) is 24.3 Å². The molecule has 6 heteroatoms. The van der Waals surface area contributed by atoms with Crippen LogP contribution in [0.25, 0.3) is 10.8 Å². The van der Waals surface area contributed by atoms with Crippen LogP contribution in [-0.2, 0) is 22.4 Å². The lowest BCUT2D eigenvalue weighted by Crippen LogP contribution is -2.39. The predicted octanol–water partition coefficient (Wildman–Crippen LogP) is 1.85. The molecular formula is C23H29N3O3. The SMILES string of the molecule is COCCN(C)CCN1CC(NC(=O)c2ccc3c4c(cccc24)CC3)CC1=O. The van der Waals surface area contributed by atoms with Crippen LogP contribution in [0.3, 0.4) is 0 Å². The third-order valence-electron chi connectivity index (χ3n) is 6.10. The minimum atomic E-state index is -0.137. The minimum Gasteiger partial charge on any atom is -0.383 e. The molecule has 2 amide bonds. The van der Waals surface area contributed by atoms with Crippen molar-refractivity contribution in [2.75, 3.05) is 46.9 Å². The van der Waals surface area contributed by atoms with Gasteiger partial charge in [0.1, 0.15) is 0 Å². The standard InChI is InChI=1S/C23H29N3O3/c1-25(12-13-29-2)10-11-26-15-18(14-21(26)27)24-23(28)20-9-8-17-7-6-16-4-3-5-19(20)22(16)17/h3-5,8-9,18H,6-7,10-15H2,1-2H3,(H,24,28). The number of carbonyl (C=O) groups excluding carboxylic acids is 2. The van der Waals surface area contributed by atoms with Crippen LogP contribution >= 0.6 is 0 Å². The highest BCUT2D eigenvalue weighted by molar-refractivity contribution is 6.09. The van der Waals surface area contributed by atoms with Crippen LogP contribution in [0.5, 0.6) is 0 Å². The summed E-state index contributed by atoms with van der Waals surface area (Å²) in [6, 6.07) is 10.1. The van der Waals surface area contributed by atoms with E-state index in [2.05, 4.69) is 22.3 Å². The second kappa shape index (κ2) is 8.51. The number of rotatable bonds is 8. The molecule has 2 aromatic carbocycles. The number of carbonyl (C=O) groups is 2. The van der Waals surface area contributed by atoms with Crippen LogP contribution in [0.1, 0.15) is 27.9 Å². The van der Waals surface area contributed by atoms with E-state index in [-0.39, 0.29) is 17.9 Å². The Bertz CT molecular complexity index is 917. The van der Waals surface area contributed by atoms with E-state index in [0.29, 0.717) is 31.7 Å². The molecule has 1 saturated heterocycles. The van der Waals surface area contributed by atoms with Crippen molar-refractivity contribution in [2.45, 2.75) is 25.3 Å². The summed E-state index contributed by atoms with van der Waals surface area (Å²) in [5.74, 6) is 0.0216. The van der Waals surface area contributed by atoms with Crippen molar-refractivity contribution in [1.82, 2.24) is 15.1 Å². The maximum absolute atomic E-state index is 13.0. The van der Waals surface area contributed by atoms with E-state index in [9.17, 15) is 9.59 Å². The van der Waals surface area contributed by atoms with E-state index in [4.69, 9.17) is 4.74 Å². The summed E-state index contributed by atoms with van der Waals surface area (Å²) in [4.78, 5) is 29.4. The molecule has 1 aliphatic heterocycles. The van der Waals surface area contributed by atoms with Crippen molar-refractivity contribution in [1.29, 1.82) is 0 Å². The average Bonchev–Trinajstić information content (AvgIpc) is 3.29. The minimum absolute atomic E-state index is 0.0857. The molecule has 0 radical (unpaired) electrons. The topological polar surface area (TPSA) is 61.9 Å².